The predicted octanol–water partition coefficient (Wildman–Crippen LogP) is 17.8. The van der Waals surface area contributed by atoms with Gasteiger partial charge in [-0.2, -0.15) is 0 Å². The molecule has 14 aromatic rings. The zero-order chi connectivity index (χ0) is 49.8. The molecule has 2 aliphatic heterocycles. The highest BCUT2D eigenvalue weighted by molar-refractivity contribution is 7.00. The second kappa shape index (κ2) is 16.8. The van der Waals surface area contributed by atoms with Gasteiger partial charge in [-0.25, -0.2) is 0 Å². The maximum absolute atomic E-state index is 2.57. The summed E-state index contributed by atoms with van der Waals surface area (Å²) in [7, 11) is 0. The number of para-hydroxylation sites is 2. The Kier molecular flexibility index (Phi) is 9.43. The van der Waals surface area contributed by atoms with Gasteiger partial charge in [-0.3, -0.25) is 0 Å². The highest BCUT2D eigenvalue weighted by Gasteiger charge is 2.44. The number of fused-ring (bicyclic) bond motifs is 16. The first kappa shape index (κ1) is 42.6. The number of rotatable bonds is 6. The number of hydrogen-bond donors (Lipinski definition) is 0. The maximum atomic E-state index is 2.57. The molecule has 14 aromatic carbocycles. The van der Waals surface area contributed by atoms with E-state index in [9.17, 15) is 0 Å². The Balaban J connectivity index is 0.991. The van der Waals surface area contributed by atoms with Crippen LogP contribution in [0.25, 0.3) is 75.8 Å². The summed E-state index contributed by atoms with van der Waals surface area (Å²) in [5.74, 6) is 0. The second-order valence-corrected chi connectivity index (χ2v) is 20.3. The van der Waals surface area contributed by atoms with Crippen molar-refractivity contribution in [3.63, 3.8) is 0 Å². The van der Waals surface area contributed by atoms with Gasteiger partial charge >= 0.3 is 0 Å². The van der Waals surface area contributed by atoms with Gasteiger partial charge in [0.15, 0.2) is 0 Å². The Bertz CT molecular complexity index is 4560. The first-order chi connectivity index (χ1) is 37.7. The molecule has 0 aliphatic carbocycles. The molecule has 352 valence electrons. The van der Waals surface area contributed by atoms with Crippen LogP contribution in [0.1, 0.15) is 0 Å². The van der Waals surface area contributed by atoms with E-state index in [0.717, 1.165) is 34.1 Å². The molecule has 0 spiro atoms. The molecule has 0 unspecified atom stereocenters. The summed E-state index contributed by atoms with van der Waals surface area (Å²) >= 11 is 0. The van der Waals surface area contributed by atoms with Crippen LogP contribution in [-0.2, 0) is 0 Å². The van der Waals surface area contributed by atoms with Crippen molar-refractivity contribution in [2.24, 2.45) is 0 Å². The molecule has 4 heteroatoms. The second-order valence-electron chi connectivity index (χ2n) is 20.3. The average molecular weight is 964 g/mol. The van der Waals surface area contributed by atoms with Gasteiger partial charge in [0, 0.05) is 51.2 Å². The molecule has 2 heterocycles. The Hall–Kier alpha value is -9.90. The fourth-order valence-corrected chi connectivity index (χ4v) is 13.1. The molecule has 0 bridgehead atoms. The van der Waals surface area contributed by atoms with E-state index in [1.54, 1.807) is 0 Å². The van der Waals surface area contributed by atoms with Crippen LogP contribution in [0.2, 0.25) is 0 Å². The third-order valence-corrected chi connectivity index (χ3v) is 16.3. The molecule has 76 heavy (non-hydrogen) atoms. The standard InChI is InChI=1S/C72H46BN3/c1-4-19-47(20-5-1)48-35-42-68-67(43-48)73-66-41-38-53(74(49-21-6-2-7-22-49)50-23-8-3-9-24-50)46-71(66)76(52-37-40-63-59-30-13-11-26-55(59)57-28-15-17-32-61(57)65(63)45-52)70-34-18-33-69(72(70)73)75(68)51-36-39-62-58-29-12-10-25-54(58)56-27-14-16-31-60(56)64(62)44-51/h1-46H. The summed E-state index contributed by atoms with van der Waals surface area (Å²) in [6.07, 6.45) is 0. The minimum Gasteiger partial charge on any atom is -0.311 e. The zero-order valence-corrected chi connectivity index (χ0v) is 41.5. The van der Waals surface area contributed by atoms with Crippen LogP contribution in [0, 0.1) is 0 Å². The molecule has 0 amide bonds. The Morgan fingerprint density at radius 3 is 1.14 bits per heavy atom. The van der Waals surface area contributed by atoms with E-state index in [0.29, 0.717) is 0 Å². The quantitative estimate of drug-likeness (QED) is 0.121. The van der Waals surface area contributed by atoms with E-state index in [4.69, 9.17) is 0 Å². The average Bonchev–Trinajstić information content (AvgIpc) is 3.64. The van der Waals surface area contributed by atoms with Crippen LogP contribution >= 0.6 is 0 Å². The van der Waals surface area contributed by atoms with Gasteiger partial charge in [0.25, 0.3) is 6.71 Å². The summed E-state index contributed by atoms with van der Waals surface area (Å²) in [5, 5.41) is 15.1. The molecule has 3 nitrogen and oxygen atoms in total. The molecule has 0 radical (unpaired) electrons. The topological polar surface area (TPSA) is 9.72 Å². The Labute approximate surface area is 441 Å². The molecule has 2 aliphatic rings. The molecule has 0 N–H and O–H groups in total. The highest BCUT2D eigenvalue weighted by atomic mass is 15.2. The lowest BCUT2D eigenvalue weighted by Gasteiger charge is -2.44. The molecule has 0 atom stereocenters. The van der Waals surface area contributed by atoms with Crippen molar-refractivity contribution >= 4 is 139 Å². The van der Waals surface area contributed by atoms with Crippen molar-refractivity contribution in [2.75, 3.05) is 14.7 Å². The van der Waals surface area contributed by atoms with Crippen molar-refractivity contribution in [1.82, 2.24) is 0 Å². The van der Waals surface area contributed by atoms with Crippen LogP contribution in [0.15, 0.2) is 279 Å². The van der Waals surface area contributed by atoms with Gasteiger partial charge < -0.3 is 14.7 Å². The Morgan fingerprint density at radius 1 is 0.237 bits per heavy atom. The number of hydrogen-bond acceptors (Lipinski definition) is 3. The number of nitrogens with zero attached hydrogens (tertiary/aromatic N) is 3. The SMILES string of the molecule is c1ccc(-c2ccc3c(c2)B2c4ccc(N(c5ccccc5)c5ccccc5)cc4N(c4ccc5c6ccccc6c6ccccc6c5c4)c4cccc(c42)N3c2ccc3c4ccccc4c4ccccc4c3c2)cc1. The van der Waals surface area contributed by atoms with Crippen molar-refractivity contribution in [1.29, 1.82) is 0 Å². The lowest BCUT2D eigenvalue weighted by Crippen LogP contribution is -2.61. The normalized spacial score (nSPS) is 12.7. The van der Waals surface area contributed by atoms with Crippen LogP contribution in [0.4, 0.5) is 51.2 Å². The summed E-state index contributed by atoms with van der Waals surface area (Å²) in [5.41, 5.74) is 16.4. The van der Waals surface area contributed by atoms with E-state index < -0.39 is 0 Å². The summed E-state index contributed by atoms with van der Waals surface area (Å²) < 4.78 is 0. The minimum atomic E-state index is -0.0845. The largest absolute Gasteiger partial charge is 0.311 e. The maximum Gasteiger partial charge on any atom is 0.252 e. The highest BCUT2D eigenvalue weighted by Crippen LogP contribution is 2.49. The molecule has 0 saturated heterocycles. The third-order valence-electron chi connectivity index (χ3n) is 16.3. The molecule has 0 saturated carbocycles. The van der Waals surface area contributed by atoms with Gasteiger partial charge in [0.1, 0.15) is 0 Å². The van der Waals surface area contributed by atoms with Crippen molar-refractivity contribution < 1.29 is 0 Å². The van der Waals surface area contributed by atoms with Gasteiger partial charge in [0.05, 0.1) is 0 Å². The first-order valence-electron chi connectivity index (χ1n) is 26.4. The molecule has 16 rings (SSSR count). The van der Waals surface area contributed by atoms with Crippen LogP contribution in [-0.4, -0.2) is 6.71 Å². The number of benzene rings is 14. The smallest absolute Gasteiger partial charge is 0.252 e. The predicted molar refractivity (Wildman–Crippen MR) is 326 cm³/mol. The number of anilines is 9. The minimum absolute atomic E-state index is 0.0845. The van der Waals surface area contributed by atoms with E-state index in [-0.39, 0.29) is 6.71 Å². The van der Waals surface area contributed by atoms with Crippen LogP contribution in [0.3, 0.4) is 0 Å². The first-order valence-corrected chi connectivity index (χ1v) is 26.4. The van der Waals surface area contributed by atoms with Crippen LogP contribution in [0.5, 0.6) is 0 Å². The fraction of sp³-hybridized carbons (Fsp3) is 0. The fourth-order valence-electron chi connectivity index (χ4n) is 13.1. The molecule has 0 aromatic heterocycles. The summed E-state index contributed by atoms with van der Waals surface area (Å²) in [4.78, 5) is 7.50. The lowest BCUT2D eigenvalue weighted by molar-refractivity contribution is 1.24. The van der Waals surface area contributed by atoms with Crippen LogP contribution < -0.4 is 31.1 Å². The van der Waals surface area contributed by atoms with Gasteiger partial charge in [0.2, 0.25) is 0 Å². The van der Waals surface area contributed by atoms with E-state index >= 15 is 0 Å². The van der Waals surface area contributed by atoms with Crippen molar-refractivity contribution in [2.45, 2.75) is 0 Å². The summed E-state index contributed by atoms with van der Waals surface area (Å²) in [6, 6.07) is 104. The molecular formula is C72H46BN3. The van der Waals surface area contributed by atoms with Crippen molar-refractivity contribution in [3.05, 3.63) is 279 Å². The van der Waals surface area contributed by atoms with E-state index in [2.05, 4.69) is 294 Å². The third kappa shape index (κ3) is 6.38. The van der Waals surface area contributed by atoms with E-state index in [1.807, 2.05) is 0 Å². The van der Waals surface area contributed by atoms with Crippen molar-refractivity contribution in [3.8, 4) is 11.1 Å². The van der Waals surface area contributed by atoms with E-state index in [1.165, 1.54) is 109 Å². The Morgan fingerprint density at radius 2 is 0.658 bits per heavy atom. The zero-order valence-electron chi connectivity index (χ0n) is 41.5. The van der Waals surface area contributed by atoms with Gasteiger partial charge in [-0.05, 0) is 171 Å². The van der Waals surface area contributed by atoms with Gasteiger partial charge in [-0.1, -0.05) is 200 Å². The monoisotopic (exact) mass is 963 g/mol. The summed E-state index contributed by atoms with van der Waals surface area (Å²) in [6.45, 7) is -0.0845. The molecule has 0 fully saturated rings. The van der Waals surface area contributed by atoms with Gasteiger partial charge in [-0.15, -0.1) is 0 Å². The lowest BCUT2D eigenvalue weighted by atomic mass is 9.33. The molecular weight excluding hydrogens is 918 g/mol.